The first-order valence-electron chi connectivity index (χ1n) is 5.66. The minimum absolute atomic E-state index is 0.290. The van der Waals surface area contributed by atoms with Crippen molar-refractivity contribution in [1.82, 2.24) is 5.32 Å². The summed E-state index contributed by atoms with van der Waals surface area (Å²) in [5.41, 5.74) is 0.457. The number of rotatable bonds is 5. The van der Waals surface area contributed by atoms with Crippen molar-refractivity contribution in [3.63, 3.8) is 0 Å². The van der Waals surface area contributed by atoms with Gasteiger partial charge in [0.05, 0.1) is 0 Å². The van der Waals surface area contributed by atoms with Crippen LogP contribution in [0.5, 0.6) is 0 Å². The summed E-state index contributed by atoms with van der Waals surface area (Å²) in [6, 6.07) is 4.03. The summed E-state index contributed by atoms with van der Waals surface area (Å²) in [5, 5.41) is 3.28. The molecule has 1 aromatic carbocycles. The number of hydrogen-bond acceptors (Lipinski definition) is 1. The van der Waals surface area contributed by atoms with Crippen molar-refractivity contribution in [1.29, 1.82) is 0 Å². The first-order valence-corrected chi connectivity index (χ1v) is 5.66. The molecule has 1 nitrogen and oxygen atoms in total. The smallest absolute Gasteiger partial charge is 0.126 e. The fourth-order valence-corrected chi connectivity index (χ4v) is 1.58. The summed E-state index contributed by atoms with van der Waals surface area (Å²) >= 11 is 0. The minimum Gasteiger partial charge on any atom is -0.314 e. The maximum absolute atomic E-state index is 13.3. The minimum atomic E-state index is -0.375. The van der Waals surface area contributed by atoms with Gasteiger partial charge in [-0.15, -0.1) is 0 Å². The van der Waals surface area contributed by atoms with E-state index in [4.69, 9.17) is 0 Å². The molecule has 1 unspecified atom stereocenters. The van der Waals surface area contributed by atoms with Crippen LogP contribution in [0.15, 0.2) is 18.2 Å². The van der Waals surface area contributed by atoms with E-state index in [-0.39, 0.29) is 11.6 Å². The van der Waals surface area contributed by atoms with E-state index in [1.54, 1.807) is 0 Å². The predicted octanol–water partition coefficient (Wildman–Crippen LogP) is 3.14. The summed E-state index contributed by atoms with van der Waals surface area (Å²) in [6.07, 6.45) is 0.559. The molecule has 1 aromatic rings. The van der Waals surface area contributed by atoms with Crippen LogP contribution in [0, 0.1) is 17.6 Å². The largest absolute Gasteiger partial charge is 0.314 e. The molecule has 90 valence electrons. The fraction of sp³-hybridized carbons (Fsp3) is 0.538. The maximum Gasteiger partial charge on any atom is 0.126 e. The van der Waals surface area contributed by atoms with E-state index in [0.29, 0.717) is 23.9 Å². The summed E-state index contributed by atoms with van der Waals surface area (Å²) in [5.74, 6) is -0.406. The normalized spacial score (nSPS) is 13.1. The van der Waals surface area contributed by atoms with E-state index < -0.39 is 0 Å². The van der Waals surface area contributed by atoms with Crippen LogP contribution in [0.3, 0.4) is 0 Å². The van der Waals surface area contributed by atoms with Crippen LogP contribution >= 0.6 is 0 Å². The zero-order valence-electron chi connectivity index (χ0n) is 10.1. The lowest BCUT2D eigenvalue weighted by Crippen LogP contribution is -2.28. The molecule has 0 bridgehead atoms. The molecule has 1 atom stereocenters. The molecule has 0 aliphatic heterocycles. The first kappa shape index (κ1) is 13.1. The van der Waals surface area contributed by atoms with Gasteiger partial charge in [-0.2, -0.15) is 0 Å². The molecular weight excluding hydrogens is 208 g/mol. The Morgan fingerprint density at radius 3 is 2.50 bits per heavy atom. The second-order valence-corrected chi connectivity index (χ2v) is 4.61. The molecule has 0 aromatic heterocycles. The molecule has 16 heavy (non-hydrogen) atoms. The monoisotopic (exact) mass is 227 g/mol. The van der Waals surface area contributed by atoms with Gasteiger partial charge in [0, 0.05) is 6.04 Å². The molecule has 0 saturated carbocycles. The summed E-state index contributed by atoms with van der Waals surface area (Å²) in [6.45, 7) is 6.97. The Bertz CT molecular complexity index is 337. The van der Waals surface area contributed by atoms with Crippen LogP contribution < -0.4 is 5.32 Å². The van der Waals surface area contributed by atoms with Crippen LogP contribution in [-0.4, -0.2) is 12.6 Å². The van der Waals surface area contributed by atoms with E-state index in [2.05, 4.69) is 19.2 Å². The van der Waals surface area contributed by atoms with E-state index >= 15 is 0 Å². The number of benzene rings is 1. The Kier molecular flexibility index (Phi) is 4.87. The quantitative estimate of drug-likeness (QED) is 0.814. The lowest BCUT2D eigenvalue weighted by Gasteiger charge is -2.15. The Labute approximate surface area is 95.9 Å². The molecule has 0 spiro atoms. The standard InChI is InChI=1S/C13H19F2N/c1-9(2)16-8-10(3)6-11-7-12(14)4-5-13(11)15/h4-5,7,9-10,16H,6,8H2,1-3H3. The van der Waals surface area contributed by atoms with Gasteiger partial charge in [-0.1, -0.05) is 20.8 Å². The predicted molar refractivity (Wildman–Crippen MR) is 62.4 cm³/mol. The third-order valence-electron chi connectivity index (χ3n) is 2.45. The van der Waals surface area contributed by atoms with Crippen molar-refractivity contribution in [2.75, 3.05) is 6.54 Å². The molecule has 0 aliphatic rings. The van der Waals surface area contributed by atoms with Gasteiger partial charge in [0.25, 0.3) is 0 Å². The number of halogens is 2. The third-order valence-corrected chi connectivity index (χ3v) is 2.45. The van der Waals surface area contributed by atoms with Crippen molar-refractivity contribution >= 4 is 0 Å². The highest BCUT2D eigenvalue weighted by atomic mass is 19.1. The highest BCUT2D eigenvalue weighted by Gasteiger charge is 2.09. The van der Waals surface area contributed by atoms with E-state index in [9.17, 15) is 8.78 Å². The molecule has 0 heterocycles. The number of nitrogens with one attached hydrogen (secondary N) is 1. The van der Waals surface area contributed by atoms with Gasteiger partial charge >= 0.3 is 0 Å². The second kappa shape index (κ2) is 5.94. The van der Waals surface area contributed by atoms with Gasteiger partial charge < -0.3 is 5.32 Å². The van der Waals surface area contributed by atoms with E-state index in [1.165, 1.54) is 12.1 Å². The van der Waals surface area contributed by atoms with Gasteiger partial charge in [-0.3, -0.25) is 0 Å². The lowest BCUT2D eigenvalue weighted by atomic mass is 10.0. The fourth-order valence-electron chi connectivity index (χ4n) is 1.58. The van der Waals surface area contributed by atoms with Crippen LogP contribution in [0.25, 0.3) is 0 Å². The molecule has 1 N–H and O–H groups in total. The van der Waals surface area contributed by atoms with Gasteiger partial charge in [0.15, 0.2) is 0 Å². The summed E-state index contributed by atoms with van der Waals surface area (Å²) in [7, 11) is 0. The van der Waals surface area contributed by atoms with E-state index in [0.717, 1.165) is 12.6 Å². The van der Waals surface area contributed by atoms with Crippen LogP contribution in [-0.2, 0) is 6.42 Å². The highest BCUT2D eigenvalue weighted by molar-refractivity contribution is 5.19. The van der Waals surface area contributed by atoms with Gasteiger partial charge in [-0.25, -0.2) is 8.78 Å². The molecule has 0 fully saturated rings. The van der Waals surface area contributed by atoms with Gasteiger partial charge in [0.2, 0.25) is 0 Å². The Hall–Kier alpha value is -0.960. The molecule has 0 aliphatic carbocycles. The highest BCUT2D eigenvalue weighted by Crippen LogP contribution is 2.14. The maximum atomic E-state index is 13.3. The van der Waals surface area contributed by atoms with Crippen molar-refractivity contribution in [3.8, 4) is 0 Å². The SMILES string of the molecule is CC(CNC(C)C)Cc1cc(F)ccc1F. The van der Waals surface area contributed by atoms with Crippen molar-refractivity contribution in [3.05, 3.63) is 35.4 Å². The van der Waals surface area contributed by atoms with Crippen molar-refractivity contribution in [2.45, 2.75) is 33.2 Å². The average molecular weight is 227 g/mol. The zero-order chi connectivity index (χ0) is 12.1. The Morgan fingerprint density at radius 2 is 1.88 bits per heavy atom. The topological polar surface area (TPSA) is 12.0 Å². The van der Waals surface area contributed by atoms with Gasteiger partial charge in [0.1, 0.15) is 11.6 Å². The molecule has 0 amide bonds. The van der Waals surface area contributed by atoms with Gasteiger partial charge in [-0.05, 0) is 42.6 Å². The Morgan fingerprint density at radius 1 is 1.19 bits per heavy atom. The molecule has 0 radical (unpaired) electrons. The van der Waals surface area contributed by atoms with Crippen LogP contribution in [0.1, 0.15) is 26.3 Å². The summed E-state index contributed by atoms with van der Waals surface area (Å²) < 4.78 is 26.3. The van der Waals surface area contributed by atoms with Crippen molar-refractivity contribution in [2.24, 2.45) is 5.92 Å². The lowest BCUT2D eigenvalue weighted by molar-refractivity contribution is 0.466. The molecule has 0 saturated heterocycles. The average Bonchev–Trinajstić information content (AvgIpc) is 2.20. The first-order chi connectivity index (χ1) is 7.49. The molecule has 1 rings (SSSR count). The zero-order valence-corrected chi connectivity index (χ0v) is 10.1. The van der Waals surface area contributed by atoms with Crippen LogP contribution in [0.2, 0.25) is 0 Å². The van der Waals surface area contributed by atoms with E-state index in [1.807, 2.05) is 6.92 Å². The Balaban J connectivity index is 2.55. The molecular formula is C13H19F2N. The van der Waals surface area contributed by atoms with Crippen molar-refractivity contribution < 1.29 is 8.78 Å². The molecule has 3 heteroatoms. The summed E-state index contributed by atoms with van der Waals surface area (Å²) in [4.78, 5) is 0. The third kappa shape index (κ3) is 4.27. The second-order valence-electron chi connectivity index (χ2n) is 4.61. The van der Waals surface area contributed by atoms with Crippen LogP contribution in [0.4, 0.5) is 8.78 Å². The number of hydrogen-bond donors (Lipinski definition) is 1.